The summed E-state index contributed by atoms with van der Waals surface area (Å²) in [6, 6.07) is 6.51. The summed E-state index contributed by atoms with van der Waals surface area (Å²) >= 11 is 1.31. The number of carbonyl (C=O) groups is 1. The molecule has 0 fully saturated rings. The normalized spacial score (nSPS) is 11.4. The van der Waals surface area contributed by atoms with E-state index >= 15 is 0 Å². The summed E-state index contributed by atoms with van der Waals surface area (Å²) in [7, 11) is 5.73. The molecule has 0 unspecified atom stereocenters. The van der Waals surface area contributed by atoms with Crippen LogP contribution in [0.25, 0.3) is 10.2 Å². The number of hydrogen-bond donors (Lipinski definition) is 0. The van der Waals surface area contributed by atoms with Gasteiger partial charge in [-0.3, -0.25) is 14.4 Å². The summed E-state index contributed by atoms with van der Waals surface area (Å²) in [4.78, 5) is 20.9. The van der Waals surface area contributed by atoms with Gasteiger partial charge in [-0.2, -0.15) is 5.10 Å². The highest BCUT2D eigenvalue weighted by Gasteiger charge is 2.23. The van der Waals surface area contributed by atoms with Crippen molar-refractivity contribution in [3.05, 3.63) is 42.0 Å². The summed E-state index contributed by atoms with van der Waals surface area (Å²) in [5, 5.41) is 4.68. The van der Waals surface area contributed by atoms with Crippen LogP contribution in [0.15, 0.2) is 30.5 Å². The first-order valence-electron chi connectivity index (χ1n) is 7.97. The number of fused-ring (bicyclic) bond motifs is 1. The topological polar surface area (TPSA) is 54.3 Å². The number of benzene rings is 1. The summed E-state index contributed by atoms with van der Waals surface area (Å²) < 4.78 is 16.3. The number of carbonyl (C=O) groups excluding carboxylic acids is 1. The molecule has 0 N–H and O–H groups in total. The highest BCUT2D eigenvalue weighted by molar-refractivity contribution is 7.22. The SMILES string of the molecule is CN(C)CCCN(C(=O)c1ccn(C)n1)c1nc2c(F)cccc2s1. The standard InChI is InChI=1S/C17H20FN5OS/c1-21(2)9-5-10-23(16(24)13-8-11-22(3)20-13)17-19-15-12(18)6-4-7-14(15)25-17/h4,6-8,11H,5,9-10H2,1-3H3. The predicted molar refractivity (Wildman–Crippen MR) is 97.6 cm³/mol. The van der Waals surface area contributed by atoms with Crippen LogP contribution in [-0.2, 0) is 7.05 Å². The van der Waals surface area contributed by atoms with Crippen molar-refractivity contribution in [1.29, 1.82) is 0 Å². The number of para-hydroxylation sites is 1. The predicted octanol–water partition coefficient (Wildman–Crippen LogP) is 2.77. The quantitative estimate of drug-likeness (QED) is 0.677. The molecule has 3 rings (SSSR count). The van der Waals surface area contributed by atoms with Crippen LogP contribution >= 0.6 is 11.3 Å². The second-order valence-electron chi connectivity index (χ2n) is 6.07. The maximum Gasteiger partial charge on any atom is 0.280 e. The lowest BCUT2D eigenvalue weighted by atomic mass is 10.3. The van der Waals surface area contributed by atoms with Gasteiger partial charge in [0.2, 0.25) is 0 Å². The molecule has 1 aromatic carbocycles. The molecule has 0 aliphatic heterocycles. The fourth-order valence-electron chi connectivity index (χ4n) is 2.52. The van der Waals surface area contributed by atoms with Gasteiger partial charge in [-0.05, 0) is 45.3 Å². The molecule has 0 saturated heterocycles. The maximum absolute atomic E-state index is 14.0. The zero-order chi connectivity index (χ0) is 18.0. The van der Waals surface area contributed by atoms with Gasteiger partial charge in [0.1, 0.15) is 11.3 Å². The number of halogens is 1. The van der Waals surface area contributed by atoms with Gasteiger partial charge >= 0.3 is 0 Å². The second-order valence-corrected chi connectivity index (χ2v) is 7.08. The van der Waals surface area contributed by atoms with E-state index in [0.29, 0.717) is 22.9 Å². The Bertz CT molecular complexity index is 888. The molecule has 0 aliphatic rings. The number of aromatic nitrogens is 3. The highest BCUT2D eigenvalue weighted by Crippen LogP contribution is 2.31. The maximum atomic E-state index is 14.0. The number of hydrogen-bond acceptors (Lipinski definition) is 5. The Hall–Kier alpha value is -2.32. The van der Waals surface area contributed by atoms with Crippen molar-refractivity contribution in [2.24, 2.45) is 7.05 Å². The lowest BCUT2D eigenvalue weighted by molar-refractivity contribution is 0.0980. The van der Waals surface area contributed by atoms with Gasteiger partial charge in [-0.1, -0.05) is 17.4 Å². The summed E-state index contributed by atoms with van der Waals surface area (Å²) in [6.07, 6.45) is 2.51. The van der Waals surface area contributed by atoms with Crippen LogP contribution < -0.4 is 4.90 Å². The lowest BCUT2D eigenvalue weighted by Crippen LogP contribution is -2.33. The van der Waals surface area contributed by atoms with Crippen LogP contribution in [0.3, 0.4) is 0 Å². The smallest absolute Gasteiger partial charge is 0.280 e. The van der Waals surface area contributed by atoms with Gasteiger partial charge in [0.15, 0.2) is 10.8 Å². The fraction of sp³-hybridized carbons (Fsp3) is 0.353. The van der Waals surface area contributed by atoms with Crippen molar-refractivity contribution in [2.75, 3.05) is 32.1 Å². The third-order valence-corrected chi connectivity index (χ3v) is 4.80. The summed E-state index contributed by atoms with van der Waals surface area (Å²) in [5.74, 6) is -0.600. The first-order valence-corrected chi connectivity index (χ1v) is 8.78. The largest absolute Gasteiger partial charge is 0.309 e. The fourth-order valence-corrected chi connectivity index (χ4v) is 3.52. The number of nitrogens with zero attached hydrogens (tertiary/aromatic N) is 5. The zero-order valence-corrected chi connectivity index (χ0v) is 15.3. The van der Waals surface area contributed by atoms with Crippen molar-refractivity contribution in [3.63, 3.8) is 0 Å². The van der Waals surface area contributed by atoms with E-state index in [1.54, 1.807) is 35.0 Å². The van der Waals surface area contributed by atoms with Crippen molar-refractivity contribution >= 4 is 32.6 Å². The Balaban J connectivity index is 1.93. The monoisotopic (exact) mass is 361 g/mol. The van der Waals surface area contributed by atoms with Crippen LogP contribution in [-0.4, -0.2) is 52.8 Å². The van der Waals surface area contributed by atoms with Crippen molar-refractivity contribution in [3.8, 4) is 0 Å². The summed E-state index contributed by atoms with van der Waals surface area (Å²) in [6.45, 7) is 1.33. The van der Waals surface area contributed by atoms with E-state index in [1.165, 1.54) is 17.4 Å². The molecule has 6 nitrogen and oxygen atoms in total. The molecule has 0 atom stereocenters. The minimum atomic E-state index is -0.376. The average Bonchev–Trinajstić information content (AvgIpc) is 3.18. The summed E-state index contributed by atoms with van der Waals surface area (Å²) in [5.41, 5.74) is 0.654. The minimum Gasteiger partial charge on any atom is -0.309 e. The Morgan fingerprint density at radius 3 is 2.72 bits per heavy atom. The van der Waals surface area contributed by atoms with Gasteiger partial charge in [0.05, 0.1) is 4.70 Å². The van der Waals surface area contributed by atoms with Gasteiger partial charge in [-0.25, -0.2) is 9.37 Å². The van der Waals surface area contributed by atoms with E-state index in [-0.39, 0.29) is 11.7 Å². The van der Waals surface area contributed by atoms with E-state index in [0.717, 1.165) is 17.7 Å². The van der Waals surface area contributed by atoms with Gasteiger partial charge in [0, 0.05) is 19.8 Å². The zero-order valence-electron chi connectivity index (χ0n) is 14.4. The third-order valence-electron chi connectivity index (χ3n) is 3.75. The first kappa shape index (κ1) is 17.5. The molecule has 1 amide bonds. The molecule has 0 bridgehead atoms. The van der Waals surface area contributed by atoms with Gasteiger partial charge < -0.3 is 4.90 Å². The highest BCUT2D eigenvalue weighted by atomic mass is 32.1. The molecule has 0 spiro atoms. The first-order chi connectivity index (χ1) is 12.0. The lowest BCUT2D eigenvalue weighted by Gasteiger charge is -2.20. The Morgan fingerprint density at radius 2 is 2.08 bits per heavy atom. The van der Waals surface area contributed by atoms with E-state index in [9.17, 15) is 9.18 Å². The van der Waals surface area contributed by atoms with Crippen LogP contribution in [0.4, 0.5) is 9.52 Å². The van der Waals surface area contributed by atoms with E-state index in [1.807, 2.05) is 20.2 Å². The molecule has 2 heterocycles. The Labute approximate surface area is 149 Å². The molecular formula is C17H20FN5OS. The van der Waals surface area contributed by atoms with Crippen LogP contribution in [0.1, 0.15) is 16.9 Å². The molecule has 3 aromatic rings. The molecule has 0 aliphatic carbocycles. The number of aryl methyl sites for hydroxylation is 1. The van der Waals surface area contributed by atoms with Gasteiger partial charge in [-0.15, -0.1) is 0 Å². The van der Waals surface area contributed by atoms with Crippen LogP contribution in [0.2, 0.25) is 0 Å². The van der Waals surface area contributed by atoms with E-state index < -0.39 is 0 Å². The van der Waals surface area contributed by atoms with Crippen LogP contribution in [0, 0.1) is 5.82 Å². The molecule has 0 radical (unpaired) electrons. The van der Waals surface area contributed by atoms with Crippen molar-refractivity contribution in [1.82, 2.24) is 19.7 Å². The van der Waals surface area contributed by atoms with E-state index in [4.69, 9.17) is 0 Å². The third kappa shape index (κ3) is 3.85. The number of thiazole rings is 1. The van der Waals surface area contributed by atoms with Gasteiger partial charge in [0.25, 0.3) is 5.91 Å². The Morgan fingerprint density at radius 1 is 1.28 bits per heavy atom. The molecule has 25 heavy (non-hydrogen) atoms. The van der Waals surface area contributed by atoms with Crippen LogP contribution in [0.5, 0.6) is 0 Å². The molecule has 132 valence electrons. The average molecular weight is 361 g/mol. The molecular weight excluding hydrogens is 341 g/mol. The molecule has 8 heteroatoms. The molecule has 2 aromatic heterocycles. The second kappa shape index (κ2) is 7.28. The number of anilines is 1. The van der Waals surface area contributed by atoms with E-state index in [2.05, 4.69) is 15.0 Å². The number of amides is 1. The minimum absolute atomic E-state index is 0.223. The molecule has 0 saturated carbocycles. The Kier molecular flexibility index (Phi) is 5.10. The van der Waals surface area contributed by atoms with Crippen molar-refractivity contribution in [2.45, 2.75) is 6.42 Å². The van der Waals surface area contributed by atoms with Crippen molar-refractivity contribution < 1.29 is 9.18 Å². The number of rotatable bonds is 6.